The summed E-state index contributed by atoms with van der Waals surface area (Å²) in [4.78, 5) is 16.5. The lowest BCUT2D eigenvalue weighted by atomic mass is 10.0. The molecule has 1 atom stereocenters. The Kier molecular flexibility index (Phi) is 6.05. The van der Waals surface area contributed by atoms with Crippen molar-refractivity contribution in [1.29, 1.82) is 0 Å². The number of rotatable bonds is 7. The van der Waals surface area contributed by atoms with Crippen LogP contribution >= 0.6 is 11.3 Å². The van der Waals surface area contributed by atoms with Gasteiger partial charge in [-0.25, -0.2) is 8.42 Å². The van der Waals surface area contributed by atoms with Crippen molar-refractivity contribution in [2.75, 3.05) is 13.1 Å². The molecule has 0 radical (unpaired) electrons. The summed E-state index contributed by atoms with van der Waals surface area (Å²) in [6.07, 6.45) is 2.82. The molecular weight excluding hydrogens is 378 g/mol. The number of nitrogens with zero attached hydrogens (tertiary/aromatic N) is 3. The molecular formula is C16H21N3O5S2. The molecule has 0 spiro atoms. The van der Waals surface area contributed by atoms with Crippen molar-refractivity contribution >= 4 is 27.3 Å². The fourth-order valence-electron chi connectivity index (χ4n) is 2.82. The summed E-state index contributed by atoms with van der Waals surface area (Å²) in [5, 5.41) is 5.53. The highest BCUT2D eigenvalue weighted by atomic mass is 32.2. The molecule has 1 aliphatic heterocycles. The van der Waals surface area contributed by atoms with Gasteiger partial charge in [-0.15, -0.1) is 11.3 Å². The summed E-state index contributed by atoms with van der Waals surface area (Å²) in [6, 6.07) is 3.27. The average molecular weight is 399 g/mol. The molecule has 3 rings (SSSR count). The molecule has 142 valence electrons. The number of hydrogen-bond donors (Lipinski definition) is 0. The largest absolute Gasteiger partial charge is 0.455 e. The molecule has 1 saturated heterocycles. The van der Waals surface area contributed by atoms with E-state index in [4.69, 9.17) is 9.26 Å². The zero-order chi connectivity index (χ0) is 18.6. The Hall–Kier alpha value is -1.78. The van der Waals surface area contributed by atoms with Gasteiger partial charge in [0.25, 0.3) is 15.9 Å². The number of piperidine rings is 1. The first-order valence-corrected chi connectivity index (χ1v) is 10.8. The van der Waals surface area contributed by atoms with Crippen LogP contribution in [0.15, 0.2) is 26.2 Å². The normalized spacial score (nSPS) is 18.7. The van der Waals surface area contributed by atoms with Crippen molar-refractivity contribution in [1.82, 2.24) is 14.4 Å². The maximum Gasteiger partial charge on any atom is 0.310 e. The summed E-state index contributed by atoms with van der Waals surface area (Å²) in [5.74, 6) is -0.0899. The minimum atomic E-state index is -3.55. The van der Waals surface area contributed by atoms with E-state index in [-0.39, 0.29) is 19.0 Å². The third-order valence-electron chi connectivity index (χ3n) is 4.13. The fraction of sp³-hybridized carbons (Fsp3) is 0.562. The number of thiophene rings is 1. The molecule has 2 aromatic rings. The Balaban J connectivity index is 1.57. The van der Waals surface area contributed by atoms with Gasteiger partial charge in [-0.3, -0.25) is 4.79 Å². The topological polar surface area (TPSA) is 103 Å². The van der Waals surface area contributed by atoms with E-state index in [9.17, 15) is 13.2 Å². The van der Waals surface area contributed by atoms with Gasteiger partial charge in [0.1, 0.15) is 4.21 Å². The lowest BCUT2D eigenvalue weighted by molar-refractivity contribution is -0.151. The van der Waals surface area contributed by atoms with E-state index in [1.165, 1.54) is 15.6 Å². The lowest BCUT2D eigenvalue weighted by Gasteiger charge is -2.30. The summed E-state index contributed by atoms with van der Waals surface area (Å²) >= 11 is 1.17. The standard InChI is InChI=1S/C16H21N3O5S2/c1-2-5-13-17-14(24-18-13)11-23-16(20)12-6-3-8-19(10-12)26(21,22)15-7-4-9-25-15/h4,7,9,12H,2-3,5-6,8,10-11H2,1H3. The second-order valence-electron chi connectivity index (χ2n) is 6.10. The second-order valence-corrected chi connectivity index (χ2v) is 9.21. The number of hydrogen-bond acceptors (Lipinski definition) is 8. The van der Waals surface area contributed by atoms with Crippen molar-refractivity contribution in [3.63, 3.8) is 0 Å². The fourth-order valence-corrected chi connectivity index (χ4v) is 5.48. The zero-order valence-electron chi connectivity index (χ0n) is 14.5. The molecule has 26 heavy (non-hydrogen) atoms. The Labute approximate surface area is 156 Å². The van der Waals surface area contributed by atoms with Gasteiger partial charge in [0, 0.05) is 19.5 Å². The van der Waals surface area contributed by atoms with Gasteiger partial charge in [-0.1, -0.05) is 18.1 Å². The summed E-state index contributed by atoms with van der Waals surface area (Å²) in [5.41, 5.74) is 0. The Bertz CT molecular complexity index is 832. The molecule has 8 nitrogen and oxygen atoms in total. The van der Waals surface area contributed by atoms with Gasteiger partial charge in [-0.2, -0.15) is 9.29 Å². The molecule has 0 aliphatic carbocycles. The molecule has 1 unspecified atom stereocenters. The van der Waals surface area contributed by atoms with Crippen molar-refractivity contribution < 1.29 is 22.5 Å². The monoisotopic (exact) mass is 399 g/mol. The van der Waals surface area contributed by atoms with Crippen LogP contribution in [-0.4, -0.2) is 41.9 Å². The molecule has 1 aliphatic rings. The number of carbonyl (C=O) groups is 1. The Morgan fingerprint density at radius 3 is 3.08 bits per heavy atom. The van der Waals surface area contributed by atoms with Crippen LogP contribution in [0.1, 0.15) is 37.9 Å². The van der Waals surface area contributed by atoms with E-state index >= 15 is 0 Å². The zero-order valence-corrected chi connectivity index (χ0v) is 16.1. The van der Waals surface area contributed by atoms with Gasteiger partial charge in [0.15, 0.2) is 12.4 Å². The van der Waals surface area contributed by atoms with E-state index in [1.807, 2.05) is 6.92 Å². The molecule has 10 heteroatoms. The predicted octanol–water partition coefficient (Wildman–Crippen LogP) is 2.23. The minimum absolute atomic E-state index is 0.0935. The van der Waals surface area contributed by atoms with Crippen LogP contribution in [0, 0.1) is 5.92 Å². The van der Waals surface area contributed by atoms with Gasteiger partial charge in [0.2, 0.25) is 0 Å². The third kappa shape index (κ3) is 4.30. The first-order chi connectivity index (χ1) is 12.5. The maximum absolute atomic E-state index is 12.6. The van der Waals surface area contributed by atoms with Crippen molar-refractivity contribution in [2.24, 2.45) is 5.92 Å². The highest BCUT2D eigenvalue weighted by molar-refractivity contribution is 7.91. The van der Waals surface area contributed by atoms with Crippen LogP contribution in [0.2, 0.25) is 0 Å². The van der Waals surface area contributed by atoms with Gasteiger partial charge in [-0.05, 0) is 30.7 Å². The van der Waals surface area contributed by atoms with Gasteiger partial charge < -0.3 is 9.26 Å². The molecule has 0 aromatic carbocycles. The van der Waals surface area contributed by atoms with Crippen LogP contribution in [0.25, 0.3) is 0 Å². The van der Waals surface area contributed by atoms with E-state index in [0.717, 1.165) is 6.42 Å². The Morgan fingerprint density at radius 2 is 2.35 bits per heavy atom. The van der Waals surface area contributed by atoms with E-state index < -0.39 is 21.9 Å². The Morgan fingerprint density at radius 1 is 1.50 bits per heavy atom. The van der Waals surface area contributed by atoms with Crippen molar-refractivity contribution in [3.05, 3.63) is 29.2 Å². The number of aromatic nitrogens is 2. The molecule has 0 N–H and O–H groups in total. The number of ether oxygens (including phenoxy) is 1. The molecule has 0 amide bonds. The highest BCUT2D eigenvalue weighted by Crippen LogP contribution is 2.27. The number of aryl methyl sites for hydroxylation is 1. The van der Waals surface area contributed by atoms with Crippen molar-refractivity contribution in [3.8, 4) is 0 Å². The van der Waals surface area contributed by atoms with E-state index in [2.05, 4.69) is 10.1 Å². The van der Waals surface area contributed by atoms with E-state index in [0.29, 0.717) is 35.8 Å². The minimum Gasteiger partial charge on any atom is -0.455 e. The van der Waals surface area contributed by atoms with Crippen molar-refractivity contribution in [2.45, 2.75) is 43.4 Å². The SMILES string of the molecule is CCCc1noc(COC(=O)C2CCCN(S(=O)(=O)c3cccs3)C2)n1. The van der Waals surface area contributed by atoms with Crippen LogP contribution in [-0.2, 0) is 32.6 Å². The summed E-state index contributed by atoms with van der Waals surface area (Å²) in [7, 11) is -3.55. The van der Waals surface area contributed by atoms with Gasteiger partial charge >= 0.3 is 5.97 Å². The third-order valence-corrected chi connectivity index (χ3v) is 7.37. The summed E-state index contributed by atoms with van der Waals surface area (Å²) < 4.78 is 37.2. The summed E-state index contributed by atoms with van der Waals surface area (Å²) in [6.45, 7) is 2.46. The molecule has 1 fully saturated rings. The first-order valence-electron chi connectivity index (χ1n) is 8.52. The molecule has 2 aromatic heterocycles. The first kappa shape index (κ1) is 19.0. The second kappa shape index (κ2) is 8.28. The van der Waals surface area contributed by atoms with Crippen LogP contribution in [0.4, 0.5) is 0 Å². The molecule has 0 saturated carbocycles. The average Bonchev–Trinajstić information content (AvgIpc) is 3.32. The van der Waals surface area contributed by atoms with Crippen LogP contribution in [0.5, 0.6) is 0 Å². The van der Waals surface area contributed by atoms with E-state index in [1.54, 1.807) is 17.5 Å². The lowest BCUT2D eigenvalue weighted by Crippen LogP contribution is -2.42. The van der Waals surface area contributed by atoms with Crippen LogP contribution in [0.3, 0.4) is 0 Å². The molecule has 3 heterocycles. The van der Waals surface area contributed by atoms with Crippen LogP contribution < -0.4 is 0 Å². The smallest absolute Gasteiger partial charge is 0.310 e. The number of carbonyl (C=O) groups excluding carboxylic acids is 1. The predicted molar refractivity (Wildman–Crippen MR) is 93.9 cm³/mol. The molecule has 0 bridgehead atoms. The maximum atomic E-state index is 12.6. The van der Waals surface area contributed by atoms with Gasteiger partial charge in [0.05, 0.1) is 5.92 Å². The number of sulfonamides is 1. The highest BCUT2D eigenvalue weighted by Gasteiger charge is 2.34. The number of esters is 1. The quantitative estimate of drug-likeness (QED) is 0.658.